The highest BCUT2D eigenvalue weighted by atomic mass is 19.1. The number of rotatable bonds is 3. The van der Waals surface area contributed by atoms with E-state index in [2.05, 4.69) is 0 Å². The first-order valence-corrected chi connectivity index (χ1v) is 6.40. The molecule has 114 valence electrons. The second-order valence-corrected chi connectivity index (χ2v) is 5.20. The lowest BCUT2D eigenvalue weighted by molar-refractivity contribution is -0.387. The Morgan fingerprint density at radius 3 is 2.57 bits per heavy atom. The molecule has 1 aliphatic rings. The molecule has 1 heterocycles. The van der Waals surface area contributed by atoms with Gasteiger partial charge in [-0.1, -0.05) is 0 Å². The molecule has 21 heavy (non-hydrogen) atoms. The Morgan fingerprint density at radius 2 is 2.05 bits per heavy atom. The number of halogens is 2. The van der Waals surface area contributed by atoms with Crippen LogP contribution in [0.15, 0.2) is 12.1 Å². The maximum atomic E-state index is 13.8. The third kappa shape index (κ3) is 2.99. The summed E-state index contributed by atoms with van der Waals surface area (Å²) < 4.78 is 27.4. The zero-order chi connectivity index (χ0) is 15.7. The molecule has 1 aromatic rings. The van der Waals surface area contributed by atoms with Gasteiger partial charge in [-0.05, 0) is 26.6 Å². The van der Waals surface area contributed by atoms with Crippen molar-refractivity contribution in [2.45, 2.75) is 12.5 Å². The number of likely N-dealkylation sites (N-methyl/N-ethyl adjacent to an activating group) is 1. The van der Waals surface area contributed by atoms with Crippen LogP contribution in [-0.2, 0) is 0 Å². The fourth-order valence-corrected chi connectivity index (χ4v) is 2.36. The van der Waals surface area contributed by atoms with Crippen LogP contribution in [0.2, 0.25) is 0 Å². The van der Waals surface area contributed by atoms with E-state index in [1.165, 1.54) is 4.90 Å². The maximum absolute atomic E-state index is 13.8. The fourth-order valence-electron chi connectivity index (χ4n) is 2.36. The Bertz CT molecular complexity index is 592. The molecule has 2 rings (SSSR count). The molecule has 1 aromatic carbocycles. The lowest BCUT2D eigenvalue weighted by Gasteiger charge is -2.20. The number of hydrogen-bond acceptors (Lipinski definition) is 4. The molecule has 6 nitrogen and oxygen atoms in total. The van der Waals surface area contributed by atoms with Gasteiger partial charge in [0.25, 0.3) is 5.91 Å². The highest BCUT2D eigenvalue weighted by molar-refractivity contribution is 5.95. The zero-order valence-electron chi connectivity index (χ0n) is 11.7. The number of amides is 1. The van der Waals surface area contributed by atoms with Gasteiger partial charge in [0, 0.05) is 19.1 Å². The van der Waals surface area contributed by atoms with Gasteiger partial charge in [-0.15, -0.1) is 0 Å². The highest BCUT2D eigenvalue weighted by Crippen LogP contribution is 2.24. The van der Waals surface area contributed by atoms with Crippen molar-refractivity contribution in [3.05, 3.63) is 39.4 Å². The molecular weight excluding hydrogens is 284 g/mol. The van der Waals surface area contributed by atoms with Crippen molar-refractivity contribution in [2.75, 3.05) is 27.2 Å². The van der Waals surface area contributed by atoms with Gasteiger partial charge in [0.1, 0.15) is 5.82 Å². The Morgan fingerprint density at radius 1 is 1.38 bits per heavy atom. The van der Waals surface area contributed by atoms with Gasteiger partial charge in [-0.2, -0.15) is 4.39 Å². The first kappa shape index (κ1) is 15.3. The van der Waals surface area contributed by atoms with E-state index in [1.54, 1.807) is 0 Å². The van der Waals surface area contributed by atoms with Gasteiger partial charge in [-0.25, -0.2) is 4.39 Å². The number of nitro benzene ring substituents is 1. The molecule has 0 N–H and O–H groups in total. The number of hydrogen-bond donors (Lipinski definition) is 0. The summed E-state index contributed by atoms with van der Waals surface area (Å²) in [6.45, 7) is 0.865. The largest absolute Gasteiger partial charge is 0.337 e. The predicted molar refractivity (Wildman–Crippen MR) is 71.0 cm³/mol. The van der Waals surface area contributed by atoms with Crippen LogP contribution in [0.25, 0.3) is 0 Å². The van der Waals surface area contributed by atoms with Crippen molar-refractivity contribution in [1.29, 1.82) is 0 Å². The minimum Gasteiger partial charge on any atom is -0.337 e. The van der Waals surface area contributed by atoms with E-state index in [-0.39, 0.29) is 6.04 Å². The van der Waals surface area contributed by atoms with Crippen molar-refractivity contribution in [1.82, 2.24) is 9.80 Å². The molecule has 0 radical (unpaired) electrons. The molecule has 1 amide bonds. The molecule has 0 aliphatic carbocycles. The summed E-state index contributed by atoms with van der Waals surface area (Å²) in [5.74, 6) is -2.94. The third-order valence-electron chi connectivity index (χ3n) is 3.64. The number of nitro groups is 1. The average molecular weight is 299 g/mol. The standard InChI is InChI=1S/C13H15F2N3O3/c1-16(2)8-3-4-17(7-8)13(19)9-5-11(15)12(18(20)21)6-10(9)14/h5-6,8H,3-4,7H2,1-2H3. The summed E-state index contributed by atoms with van der Waals surface area (Å²) >= 11 is 0. The van der Waals surface area contributed by atoms with Gasteiger partial charge < -0.3 is 9.80 Å². The first-order chi connectivity index (χ1) is 9.81. The van der Waals surface area contributed by atoms with Crippen molar-refractivity contribution < 1.29 is 18.5 Å². The van der Waals surface area contributed by atoms with Gasteiger partial charge in [-0.3, -0.25) is 14.9 Å². The second-order valence-electron chi connectivity index (χ2n) is 5.20. The summed E-state index contributed by atoms with van der Waals surface area (Å²) in [7, 11) is 3.76. The summed E-state index contributed by atoms with van der Waals surface area (Å²) in [5.41, 5.74) is -1.45. The number of likely N-dealkylation sites (tertiary alicyclic amines) is 1. The van der Waals surface area contributed by atoms with Gasteiger partial charge in [0.05, 0.1) is 16.6 Å². The minimum absolute atomic E-state index is 0.167. The summed E-state index contributed by atoms with van der Waals surface area (Å²) in [4.78, 5) is 25.1. The Labute approximate surface area is 120 Å². The van der Waals surface area contributed by atoms with E-state index in [4.69, 9.17) is 0 Å². The van der Waals surface area contributed by atoms with E-state index in [1.807, 2.05) is 19.0 Å². The van der Waals surface area contributed by atoms with E-state index >= 15 is 0 Å². The van der Waals surface area contributed by atoms with E-state index in [0.717, 1.165) is 6.42 Å². The van der Waals surface area contributed by atoms with Crippen LogP contribution < -0.4 is 0 Å². The highest BCUT2D eigenvalue weighted by Gasteiger charge is 2.31. The van der Waals surface area contributed by atoms with Crippen LogP contribution in [0.3, 0.4) is 0 Å². The molecular formula is C13H15F2N3O3. The topological polar surface area (TPSA) is 66.7 Å². The Hall–Kier alpha value is -2.09. The molecule has 0 aromatic heterocycles. The van der Waals surface area contributed by atoms with Gasteiger partial charge in [0.15, 0.2) is 0 Å². The van der Waals surface area contributed by atoms with Crippen molar-refractivity contribution >= 4 is 11.6 Å². The van der Waals surface area contributed by atoms with E-state index in [9.17, 15) is 23.7 Å². The SMILES string of the molecule is CN(C)C1CCN(C(=O)c2cc(F)c([N+](=O)[O-])cc2F)C1. The molecule has 1 unspecified atom stereocenters. The molecule has 0 bridgehead atoms. The minimum atomic E-state index is -1.21. The first-order valence-electron chi connectivity index (χ1n) is 6.40. The second kappa shape index (κ2) is 5.72. The predicted octanol–water partition coefficient (Wildman–Crippen LogP) is 1.65. The molecule has 1 aliphatic heterocycles. The number of benzene rings is 1. The summed E-state index contributed by atoms with van der Waals surface area (Å²) in [5, 5.41) is 10.5. The van der Waals surface area contributed by atoms with Crippen LogP contribution in [-0.4, -0.2) is 53.9 Å². The van der Waals surface area contributed by atoms with E-state index in [0.29, 0.717) is 25.2 Å². The summed E-state index contributed by atoms with van der Waals surface area (Å²) in [6, 6.07) is 1.21. The lowest BCUT2D eigenvalue weighted by atomic mass is 10.1. The Kier molecular flexibility index (Phi) is 4.17. The average Bonchev–Trinajstić information content (AvgIpc) is 2.89. The third-order valence-corrected chi connectivity index (χ3v) is 3.64. The molecule has 1 saturated heterocycles. The molecule has 1 fully saturated rings. The molecule has 8 heteroatoms. The van der Waals surface area contributed by atoms with Crippen LogP contribution in [0.1, 0.15) is 16.8 Å². The zero-order valence-corrected chi connectivity index (χ0v) is 11.7. The number of nitrogens with zero attached hydrogens (tertiary/aromatic N) is 3. The van der Waals surface area contributed by atoms with Crippen LogP contribution >= 0.6 is 0 Å². The Balaban J connectivity index is 2.25. The normalized spacial score (nSPS) is 18.3. The van der Waals surface area contributed by atoms with Gasteiger partial charge in [0.2, 0.25) is 5.82 Å². The van der Waals surface area contributed by atoms with Gasteiger partial charge >= 0.3 is 5.69 Å². The van der Waals surface area contributed by atoms with Crippen LogP contribution in [0.5, 0.6) is 0 Å². The lowest BCUT2D eigenvalue weighted by Crippen LogP contribution is -2.34. The van der Waals surface area contributed by atoms with Crippen molar-refractivity contribution in [2.24, 2.45) is 0 Å². The number of carbonyl (C=O) groups excluding carboxylic acids is 1. The summed E-state index contributed by atoms with van der Waals surface area (Å²) in [6.07, 6.45) is 0.746. The maximum Gasteiger partial charge on any atom is 0.307 e. The van der Waals surface area contributed by atoms with Crippen molar-refractivity contribution in [3.63, 3.8) is 0 Å². The monoisotopic (exact) mass is 299 g/mol. The van der Waals surface area contributed by atoms with E-state index < -0.39 is 33.7 Å². The molecule has 1 atom stereocenters. The quantitative estimate of drug-likeness (QED) is 0.629. The fraction of sp³-hybridized carbons (Fsp3) is 0.462. The van der Waals surface area contributed by atoms with Crippen LogP contribution in [0.4, 0.5) is 14.5 Å². The molecule has 0 spiro atoms. The smallest absolute Gasteiger partial charge is 0.307 e. The molecule has 0 saturated carbocycles. The van der Waals surface area contributed by atoms with Crippen LogP contribution in [0, 0.1) is 21.7 Å². The number of carbonyl (C=O) groups is 1. The van der Waals surface area contributed by atoms with Crippen molar-refractivity contribution in [3.8, 4) is 0 Å².